The quantitative estimate of drug-likeness (QED) is 0.681. The monoisotopic (exact) mass is 261 g/mol. The van der Waals surface area contributed by atoms with E-state index in [2.05, 4.69) is 5.32 Å². The lowest BCUT2D eigenvalue weighted by Crippen LogP contribution is -2.31. The van der Waals surface area contributed by atoms with E-state index >= 15 is 0 Å². The normalized spacial score (nSPS) is 12.3. The summed E-state index contributed by atoms with van der Waals surface area (Å²) in [7, 11) is 3.24. The largest absolute Gasteiger partial charge is 0.449 e. The van der Waals surface area contributed by atoms with Crippen LogP contribution in [-0.2, 0) is 14.2 Å². The van der Waals surface area contributed by atoms with Gasteiger partial charge in [-0.25, -0.2) is 4.79 Å². The van der Waals surface area contributed by atoms with Crippen LogP contribution in [0.5, 0.6) is 0 Å². The summed E-state index contributed by atoms with van der Waals surface area (Å²) < 4.78 is 15.9. The molecule has 0 bridgehead atoms. The minimum atomic E-state index is -0.413. The van der Waals surface area contributed by atoms with Crippen LogP contribution in [0.15, 0.2) is 0 Å². The molecule has 1 amide bonds. The van der Waals surface area contributed by atoms with Crippen LogP contribution in [0.3, 0.4) is 0 Å². The van der Waals surface area contributed by atoms with Crippen molar-refractivity contribution in [3.63, 3.8) is 0 Å². The molecule has 1 N–H and O–H groups in total. The number of rotatable bonds is 8. The van der Waals surface area contributed by atoms with Gasteiger partial charge in [-0.2, -0.15) is 0 Å². The van der Waals surface area contributed by atoms with Gasteiger partial charge in [0.1, 0.15) is 6.61 Å². The Labute approximate surface area is 110 Å². The molecule has 0 aromatic rings. The summed E-state index contributed by atoms with van der Waals surface area (Å²) in [5.41, 5.74) is -0.355. The number of ether oxygens (including phenoxy) is 3. The van der Waals surface area contributed by atoms with E-state index < -0.39 is 6.09 Å². The van der Waals surface area contributed by atoms with Gasteiger partial charge in [0.25, 0.3) is 0 Å². The Bertz CT molecular complexity index is 251. The molecule has 0 saturated heterocycles. The molecule has 0 aliphatic rings. The zero-order chi connectivity index (χ0) is 14.2. The Balaban J connectivity index is 3.80. The number of carbonyl (C=O) groups excluding carboxylic acids is 1. The van der Waals surface area contributed by atoms with Gasteiger partial charge in [-0.05, 0) is 20.3 Å². The second kappa shape index (κ2) is 7.59. The van der Waals surface area contributed by atoms with Gasteiger partial charge in [-0.15, -0.1) is 0 Å². The number of hydrogen-bond acceptors (Lipinski definition) is 4. The van der Waals surface area contributed by atoms with Crippen LogP contribution in [0, 0.1) is 5.41 Å². The van der Waals surface area contributed by atoms with Crippen molar-refractivity contribution < 1.29 is 19.0 Å². The zero-order valence-corrected chi connectivity index (χ0v) is 12.5. The zero-order valence-electron chi connectivity index (χ0n) is 12.5. The van der Waals surface area contributed by atoms with Gasteiger partial charge >= 0.3 is 6.09 Å². The number of hydrogen-bond donors (Lipinski definition) is 1. The molecule has 5 heteroatoms. The molecule has 108 valence electrons. The molecule has 0 aromatic heterocycles. The van der Waals surface area contributed by atoms with Crippen LogP contribution >= 0.6 is 0 Å². The van der Waals surface area contributed by atoms with Crippen molar-refractivity contribution in [3.8, 4) is 0 Å². The smallest absolute Gasteiger partial charge is 0.406 e. The minimum absolute atomic E-state index is 0.164. The van der Waals surface area contributed by atoms with Crippen molar-refractivity contribution in [1.82, 2.24) is 5.32 Å². The molecule has 0 spiro atoms. The van der Waals surface area contributed by atoms with Gasteiger partial charge in [-0.1, -0.05) is 13.8 Å². The number of alkyl carbamates (subject to hydrolysis) is 1. The molecule has 0 unspecified atom stereocenters. The highest BCUT2D eigenvalue weighted by Gasteiger charge is 2.22. The molecule has 18 heavy (non-hydrogen) atoms. The first-order chi connectivity index (χ1) is 8.22. The Hall–Kier alpha value is -0.810. The van der Waals surface area contributed by atoms with Crippen LogP contribution in [-0.4, -0.2) is 45.7 Å². The third-order valence-electron chi connectivity index (χ3n) is 2.69. The van der Waals surface area contributed by atoms with Crippen molar-refractivity contribution in [2.24, 2.45) is 5.41 Å². The Kier molecular flexibility index (Phi) is 7.25. The molecule has 0 fully saturated rings. The lowest BCUT2D eigenvalue weighted by molar-refractivity contribution is -0.0290. The van der Waals surface area contributed by atoms with Crippen LogP contribution in [0.25, 0.3) is 0 Å². The van der Waals surface area contributed by atoms with Crippen molar-refractivity contribution in [2.45, 2.75) is 39.7 Å². The van der Waals surface area contributed by atoms with Gasteiger partial charge in [0.15, 0.2) is 0 Å². The fourth-order valence-corrected chi connectivity index (χ4v) is 1.14. The van der Waals surface area contributed by atoms with Crippen molar-refractivity contribution >= 4 is 6.09 Å². The maximum Gasteiger partial charge on any atom is 0.406 e. The maximum absolute atomic E-state index is 11.0. The molecule has 0 saturated carbocycles. The maximum atomic E-state index is 11.0. The lowest BCUT2D eigenvalue weighted by Gasteiger charge is -2.26. The standard InChI is InChI=1S/C13H27NO4/c1-12(2,10-18-11(15)14-5)9-17-8-7-13(3,4)16-6/h7-10H2,1-6H3,(H,14,15). The third-order valence-corrected chi connectivity index (χ3v) is 2.69. The SMILES string of the molecule is CNC(=O)OCC(C)(C)COCCC(C)(C)OC. The first-order valence-electron chi connectivity index (χ1n) is 6.20. The van der Waals surface area contributed by atoms with Crippen LogP contribution < -0.4 is 5.32 Å². The predicted octanol–water partition coefficient (Wildman–Crippen LogP) is 2.20. The second-order valence-electron chi connectivity index (χ2n) is 5.76. The molecule has 5 nitrogen and oxygen atoms in total. The number of amides is 1. The van der Waals surface area contributed by atoms with Crippen LogP contribution in [0.2, 0.25) is 0 Å². The average Bonchev–Trinajstić information content (AvgIpc) is 2.32. The molecule has 0 aliphatic heterocycles. The van der Waals surface area contributed by atoms with Crippen LogP contribution in [0.1, 0.15) is 34.1 Å². The first kappa shape index (κ1) is 17.2. The van der Waals surface area contributed by atoms with E-state index in [4.69, 9.17) is 14.2 Å². The summed E-state index contributed by atoms with van der Waals surface area (Å²) in [5.74, 6) is 0. The molecular weight excluding hydrogens is 234 g/mol. The summed E-state index contributed by atoms with van der Waals surface area (Å²) >= 11 is 0. The highest BCUT2D eigenvalue weighted by molar-refractivity contribution is 5.66. The van der Waals surface area contributed by atoms with E-state index in [0.717, 1.165) is 6.42 Å². The van der Waals surface area contributed by atoms with E-state index in [1.54, 1.807) is 14.2 Å². The number of nitrogens with one attached hydrogen (secondary N) is 1. The molecule has 0 atom stereocenters. The Morgan fingerprint density at radius 3 is 2.28 bits per heavy atom. The van der Waals surface area contributed by atoms with E-state index in [-0.39, 0.29) is 11.0 Å². The molecule has 0 aliphatic carbocycles. The third kappa shape index (κ3) is 8.31. The summed E-state index contributed by atoms with van der Waals surface area (Å²) in [4.78, 5) is 11.0. The van der Waals surface area contributed by atoms with Gasteiger partial charge in [0.05, 0.1) is 12.2 Å². The summed E-state index contributed by atoms with van der Waals surface area (Å²) in [6, 6.07) is 0. The first-order valence-corrected chi connectivity index (χ1v) is 6.20. The van der Waals surface area contributed by atoms with Gasteiger partial charge in [-0.3, -0.25) is 0 Å². The van der Waals surface area contributed by atoms with E-state index in [0.29, 0.717) is 19.8 Å². The Morgan fingerprint density at radius 2 is 1.78 bits per heavy atom. The van der Waals surface area contributed by atoms with E-state index in [1.807, 2.05) is 27.7 Å². The van der Waals surface area contributed by atoms with E-state index in [9.17, 15) is 4.79 Å². The Morgan fingerprint density at radius 1 is 1.17 bits per heavy atom. The lowest BCUT2D eigenvalue weighted by atomic mass is 9.96. The van der Waals surface area contributed by atoms with Gasteiger partial charge in [0.2, 0.25) is 0 Å². The molecule has 0 aromatic carbocycles. The summed E-state index contributed by atoms with van der Waals surface area (Å²) in [5, 5.41) is 2.41. The fourth-order valence-electron chi connectivity index (χ4n) is 1.14. The molecular formula is C13H27NO4. The van der Waals surface area contributed by atoms with Crippen LogP contribution in [0.4, 0.5) is 4.79 Å². The topological polar surface area (TPSA) is 56.8 Å². The molecule has 0 radical (unpaired) electrons. The highest BCUT2D eigenvalue weighted by Crippen LogP contribution is 2.18. The average molecular weight is 261 g/mol. The minimum Gasteiger partial charge on any atom is -0.449 e. The van der Waals surface area contributed by atoms with Crippen molar-refractivity contribution in [1.29, 1.82) is 0 Å². The molecule has 0 heterocycles. The number of carbonyl (C=O) groups is 1. The van der Waals surface area contributed by atoms with E-state index in [1.165, 1.54) is 0 Å². The summed E-state index contributed by atoms with van der Waals surface area (Å²) in [6.45, 7) is 9.55. The number of methoxy groups -OCH3 is 1. The van der Waals surface area contributed by atoms with Crippen molar-refractivity contribution in [2.75, 3.05) is 34.0 Å². The predicted molar refractivity (Wildman–Crippen MR) is 70.7 cm³/mol. The fraction of sp³-hybridized carbons (Fsp3) is 0.923. The summed E-state index contributed by atoms with van der Waals surface area (Å²) in [6.07, 6.45) is 0.416. The van der Waals surface area contributed by atoms with Gasteiger partial charge in [0, 0.05) is 26.2 Å². The van der Waals surface area contributed by atoms with Crippen molar-refractivity contribution in [3.05, 3.63) is 0 Å². The second-order valence-corrected chi connectivity index (χ2v) is 5.76. The molecule has 0 rings (SSSR count). The van der Waals surface area contributed by atoms with Gasteiger partial charge < -0.3 is 19.5 Å². The highest BCUT2D eigenvalue weighted by atomic mass is 16.6.